The molecule has 9 heteroatoms. The second-order valence-electron chi connectivity index (χ2n) is 7.83. The van der Waals surface area contributed by atoms with E-state index < -0.39 is 18.5 Å². The molecule has 0 radical (unpaired) electrons. The van der Waals surface area contributed by atoms with Crippen LogP contribution in [0.3, 0.4) is 0 Å². The van der Waals surface area contributed by atoms with Gasteiger partial charge in [0.25, 0.3) is 5.91 Å². The Labute approximate surface area is 195 Å². The van der Waals surface area contributed by atoms with E-state index >= 15 is 0 Å². The fourth-order valence-electron chi connectivity index (χ4n) is 3.67. The number of benzene rings is 2. The topological polar surface area (TPSA) is 95.9 Å². The van der Waals surface area contributed by atoms with Crippen LogP contribution in [0.2, 0.25) is 0 Å². The van der Waals surface area contributed by atoms with Crippen molar-refractivity contribution >= 4 is 17.7 Å². The Morgan fingerprint density at radius 2 is 1.76 bits per heavy atom. The standard InChI is InChI=1S/C25H23FN2O6/c1-15-9-20(16(2)28(15)12-17-3-6-19(26)7-4-17)21(29)13-32-24(30)11-27-25(31)18-5-8-22-23(10-18)34-14-33-22/h3-10H,11-14H2,1-2H3,(H,27,31). The molecule has 0 saturated carbocycles. The maximum Gasteiger partial charge on any atom is 0.325 e. The van der Waals surface area contributed by atoms with Gasteiger partial charge in [-0.1, -0.05) is 12.1 Å². The van der Waals surface area contributed by atoms with Gasteiger partial charge < -0.3 is 24.1 Å². The van der Waals surface area contributed by atoms with Gasteiger partial charge in [-0.15, -0.1) is 0 Å². The number of nitrogens with zero attached hydrogens (tertiary/aromatic N) is 1. The second-order valence-corrected chi connectivity index (χ2v) is 7.83. The van der Waals surface area contributed by atoms with Crippen LogP contribution in [-0.4, -0.2) is 42.2 Å². The maximum absolute atomic E-state index is 13.2. The number of amides is 1. The Kier molecular flexibility index (Phi) is 6.62. The van der Waals surface area contributed by atoms with E-state index in [1.807, 2.05) is 11.5 Å². The zero-order chi connectivity index (χ0) is 24.2. The van der Waals surface area contributed by atoms with E-state index in [9.17, 15) is 18.8 Å². The summed E-state index contributed by atoms with van der Waals surface area (Å²) in [6.45, 7) is 3.41. The first-order chi connectivity index (χ1) is 16.3. The minimum atomic E-state index is -0.734. The molecule has 0 spiro atoms. The second kappa shape index (κ2) is 9.78. The number of fused-ring (bicyclic) bond motifs is 1. The van der Waals surface area contributed by atoms with Gasteiger partial charge >= 0.3 is 5.97 Å². The van der Waals surface area contributed by atoms with Crippen molar-refractivity contribution in [3.05, 3.63) is 82.4 Å². The number of hydrogen-bond acceptors (Lipinski definition) is 6. The molecule has 1 amide bonds. The number of esters is 1. The van der Waals surface area contributed by atoms with Crippen LogP contribution >= 0.6 is 0 Å². The zero-order valence-electron chi connectivity index (χ0n) is 18.7. The van der Waals surface area contributed by atoms with E-state index in [-0.39, 0.29) is 24.9 Å². The van der Waals surface area contributed by atoms with E-state index in [0.29, 0.717) is 29.2 Å². The number of ether oxygens (including phenoxy) is 3. The predicted octanol–water partition coefficient (Wildman–Crippen LogP) is 3.18. The van der Waals surface area contributed by atoms with Crippen molar-refractivity contribution in [2.75, 3.05) is 19.9 Å². The predicted molar refractivity (Wildman–Crippen MR) is 120 cm³/mol. The number of ketones is 1. The van der Waals surface area contributed by atoms with Crippen molar-refractivity contribution in [2.24, 2.45) is 0 Å². The molecule has 176 valence electrons. The highest BCUT2D eigenvalue weighted by molar-refractivity contribution is 6.00. The summed E-state index contributed by atoms with van der Waals surface area (Å²) in [7, 11) is 0. The Morgan fingerprint density at radius 1 is 1.03 bits per heavy atom. The van der Waals surface area contributed by atoms with Gasteiger partial charge in [-0.25, -0.2) is 4.39 Å². The molecule has 1 aliphatic rings. The van der Waals surface area contributed by atoms with Crippen LogP contribution in [0.4, 0.5) is 4.39 Å². The zero-order valence-corrected chi connectivity index (χ0v) is 18.7. The number of hydrogen-bond donors (Lipinski definition) is 1. The van der Waals surface area contributed by atoms with Crippen LogP contribution < -0.4 is 14.8 Å². The Morgan fingerprint density at radius 3 is 2.53 bits per heavy atom. The summed E-state index contributed by atoms with van der Waals surface area (Å²) in [6, 6.07) is 12.6. The number of carbonyl (C=O) groups is 3. The number of nitrogens with one attached hydrogen (secondary N) is 1. The monoisotopic (exact) mass is 466 g/mol. The molecule has 0 aliphatic carbocycles. The summed E-state index contributed by atoms with van der Waals surface area (Å²) < 4.78 is 30.6. The molecule has 0 unspecified atom stereocenters. The lowest BCUT2D eigenvalue weighted by molar-refractivity contribution is -0.141. The van der Waals surface area contributed by atoms with Gasteiger partial charge in [0.2, 0.25) is 12.6 Å². The number of carbonyl (C=O) groups excluding carboxylic acids is 3. The SMILES string of the molecule is Cc1cc(C(=O)COC(=O)CNC(=O)c2ccc3c(c2)OCO3)c(C)n1Cc1ccc(F)cc1. The minimum Gasteiger partial charge on any atom is -0.456 e. The van der Waals surface area contributed by atoms with Crippen LogP contribution in [0.1, 0.15) is 37.7 Å². The molecule has 0 saturated heterocycles. The van der Waals surface area contributed by atoms with Crippen molar-refractivity contribution in [1.82, 2.24) is 9.88 Å². The first kappa shape index (κ1) is 23.0. The summed E-state index contributed by atoms with van der Waals surface area (Å²) in [6.07, 6.45) is 0. The first-order valence-corrected chi connectivity index (χ1v) is 10.6. The molecule has 0 bridgehead atoms. The molecule has 1 aromatic heterocycles. The molecule has 0 atom stereocenters. The van der Waals surface area contributed by atoms with E-state index in [1.54, 1.807) is 37.3 Å². The molecule has 2 heterocycles. The summed E-state index contributed by atoms with van der Waals surface area (Å²) in [5.41, 5.74) is 3.22. The highest BCUT2D eigenvalue weighted by Gasteiger charge is 2.19. The summed E-state index contributed by atoms with van der Waals surface area (Å²) >= 11 is 0. The number of aryl methyl sites for hydroxylation is 1. The average molecular weight is 466 g/mol. The molecule has 4 rings (SSSR count). The lowest BCUT2D eigenvalue weighted by atomic mass is 10.1. The summed E-state index contributed by atoms with van der Waals surface area (Å²) in [5, 5.41) is 2.46. The lowest BCUT2D eigenvalue weighted by Crippen LogP contribution is -2.31. The van der Waals surface area contributed by atoms with Crippen molar-refractivity contribution in [1.29, 1.82) is 0 Å². The fraction of sp³-hybridized carbons (Fsp3) is 0.240. The minimum absolute atomic E-state index is 0.0926. The van der Waals surface area contributed by atoms with E-state index in [0.717, 1.165) is 17.0 Å². The third kappa shape index (κ3) is 5.09. The van der Waals surface area contributed by atoms with Gasteiger partial charge in [0, 0.05) is 29.1 Å². The van der Waals surface area contributed by atoms with Crippen molar-refractivity contribution in [3.8, 4) is 11.5 Å². The molecule has 8 nitrogen and oxygen atoms in total. The van der Waals surface area contributed by atoms with Crippen LogP contribution in [-0.2, 0) is 16.1 Å². The Bertz CT molecular complexity index is 1250. The van der Waals surface area contributed by atoms with Crippen molar-refractivity contribution in [2.45, 2.75) is 20.4 Å². The number of aromatic nitrogens is 1. The van der Waals surface area contributed by atoms with Gasteiger partial charge in [0.15, 0.2) is 18.1 Å². The van der Waals surface area contributed by atoms with E-state index in [4.69, 9.17) is 14.2 Å². The van der Waals surface area contributed by atoms with Crippen LogP contribution in [0.25, 0.3) is 0 Å². The lowest BCUT2D eigenvalue weighted by Gasteiger charge is -2.10. The normalized spacial score (nSPS) is 11.9. The van der Waals surface area contributed by atoms with Gasteiger partial charge in [0.1, 0.15) is 12.4 Å². The summed E-state index contributed by atoms with van der Waals surface area (Å²) in [4.78, 5) is 37.0. The quantitative estimate of drug-likeness (QED) is 0.405. The Balaban J connectivity index is 1.29. The van der Waals surface area contributed by atoms with Crippen LogP contribution in [0, 0.1) is 19.7 Å². The van der Waals surface area contributed by atoms with Crippen molar-refractivity contribution < 1.29 is 33.0 Å². The maximum atomic E-state index is 13.2. The largest absolute Gasteiger partial charge is 0.456 e. The fourth-order valence-corrected chi connectivity index (χ4v) is 3.67. The third-order valence-corrected chi connectivity index (χ3v) is 5.52. The highest BCUT2D eigenvalue weighted by atomic mass is 19.1. The molecule has 3 aromatic rings. The molecular weight excluding hydrogens is 443 g/mol. The highest BCUT2D eigenvalue weighted by Crippen LogP contribution is 2.32. The molecule has 1 aliphatic heterocycles. The van der Waals surface area contributed by atoms with Crippen LogP contribution in [0.15, 0.2) is 48.5 Å². The number of halogens is 1. The first-order valence-electron chi connectivity index (χ1n) is 10.6. The number of Topliss-reactive ketones (excluding diaryl/α,β-unsaturated/α-hetero) is 1. The number of rotatable bonds is 8. The summed E-state index contributed by atoms with van der Waals surface area (Å²) in [5.74, 6) is -0.874. The molecule has 1 N–H and O–H groups in total. The molecular formula is C25H23FN2O6. The van der Waals surface area contributed by atoms with E-state index in [1.165, 1.54) is 18.2 Å². The smallest absolute Gasteiger partial charge is 0.325 e. The molecule has 2 aromatic carbocycles. The van der Waals surface area contributed by atoms with Crippen molar-refractivity contribution in [3.63, 3.8) is 0 Å². The molecule has 0 fully saturated rings. The van der Waals surface area contributed by atoms with Gasteiger partial charge in [-0.05, 0) is 55.8 Å². The Hall–Kier alpha value is -4.14. The van der Waals surface area contributed by atoms with Gasteiger partial charge in [-0.2, -0.15) is 0 Å². The van der Waals surface area contributed by atoms with Gasteiger partial charge in [0.05, 0.1) is 0 Å². The average Bonchev–Trinajstić information content (AvgIpc) is 3.41. The van der Waals surface area contributed by atoms with Crippen LogP contribution in [0.5, 0.6) is 11.5 Å². The third-order valence-electron chi connectivity index (χ3n) is 5.52. The molecule has 34 heavy (non-hydrogen) atoms. The van der Waals surface area contributed by atoms with Gasteiger partial charge in [-0.3, -0.25) is 14.4 Å². The van der Waals surface area contributed by atoms with E-state index in [2.05, 4.69) is 5.32 Å².